The first kappa shape index (κ1) is 25.0. The van der Waals surface area contributed by atoms with Gasteiger partial charge in [0, 0.05) is 42.9 Å². The molecule has 35 heavy (non-hydrogen) atoms. The summed E-state index contributed by atoms with van der Waals surface area (Å²) in [6.45, 7) is 3.88. The fourth-order valence-corrected chi connectivity index (χ4v) is 4.43. The highest BCUT2D eigenvalue weighted by Gasteiger charge is 2.11. The lowest BCUT2D eigenvalue weighted by Gasteiger charge is -2.26. The molecule has 4 nitrogen and oxygen atoms in total. The van der Waals surface area contributed by atoms with E-state index in [0.717, 1.165) is 42.7 Å². The van der Waals surface area contributed by atoms with E-state index in [0.29, 0.717) is 30.9 Å². The maximum atomic E-state index is 14.1. The highest BCUT2D eigenvalue weighted by atomic mass is 19.1. The first-order valence-corrected chi connectivity index (χ1v) is 12.4. The molecular formula is C29H32F2N2O2. The van der Waals surface area contributed by atoms with Gasteiger partial charge >= 0.3 is 0 Å². The molecule has 1 aliphatic rings. The van der Waals surface area contributed by atoms with Crippen molar-refractivity contribution < 1.29 is 18.3 Å². The van der Waals surface area contributed by atoms with E-state index in [1.54, 1.807) is 18.3 Å². The Morgan fingerprint density at radius 3 is 2.43 bits per heavy atom. The van der Waals surface area contributed by atoms with Crippen LogP contribution in [-0.4, -0.2) is 41.9 Å². The van der Waals surface area contributed by atoms with Crippen molar-refractivity contribution in [3.63, 3.8) is 0 Å². The zero-order valence-electron chi connectivity index (χ0n) is 20.0. The fourth-order valence-electron chi connectivity index (χ4n) is 4.43. The highest BCUT2D eigenvalue weighted by Crippen LogP contribution is 2.20. The van der Waals surface area contributed by atoms with Crippen molar-refractivity contribution in [2.24, 2.45) is 0 Å². The smallest absolute Gasteiger partial charge is 0.139 e. The Balaban J connectivity index is 1.23. The second-order valence-electron chi connectivity index (χ2n) is 9.16. The van der Waals surface area contributed by atoms with Crippen molar-refractivity contribution in [3.8, 4) is 16.9 Å². The summed E-state index contributed by atoms with van der Waals surface area (Å²) in [5, 5.41) is 0. The van der Waals surface area contributed by atoms with Crippen LogP contribution >= 0.6 is 0 Å². The average Bonchev–Trinajstić information content (AvgIpc) is 2.87. The minimum Gasteiger partial charge on any atom is -0.493 e. The Morgan fingerprint density at radius 1 is 0.914 bits per heavy atom. The van der Waals surface area contributed by atoms with Crippen molar-refractivity contribution in [1.29, 1.82) is 0 Å². The van der Waals surface area contributed by atoms with Gasteiger partial charge in [0.25, 0.3) is 0 Å². The molecule has 1 saturated heterocycles. The normalized spacial score (nSPS) is 14.1. The number of ketones is 1. The van der Waals surface area contributed by atoms with E-state index in [-0.39, 0.29) is 23.8 Å². The summed E-state index contributed by atoms with van der Waals surface area (Å²) in [6, 6.07) is 14.6. The highest BCUT2D eigenvalue weighted by molar-refractivity contribution is 5.80. The molecule has 184 valence electrons. The van der Waals surface area contributed by atoms with Crippen LogP contribution in [0, 0.1) is 11.6 Å². The van der Waals surface area contributed by atoms with Crippen LogP contribution in [0.2, 0.25) is 0 Å². The van der Waals surface area contributed by atoms with Crippen LogP contribution in [0.1, 0.15) is 43.4 Å². The Bertz CT molecular complexity index is 1090. The minimum atomic E-state index is -0.348. The molecule has 2 aromatic carbocycles. The van der Waals surface area contributed by atoms with E-state index in [4.69, 9.17) is 4.74 Å². The summed E-state index contributed by atoms with van der Waals surface area (Å²) in [5.74, 6) is -0.0720. The summed E-state index contributed by atoms with van der Waals surface area (Å²) in [6.07, 6.45) is 7.44. The molecule has 0 bridgehead atoms. The van der Waals surface area contributed by atoms with Gasteiger partial charge in [-0.25, -0.2) is 8.78 Å². The van der Waals surface area contributed by atoms with E-state index in [9.17, 15) is 13.6 Å². The largest absolute Gasteiger partial charge is 0.493 e. The third-order valence-corrected chi connectivity index (χ3v) is 6.34. The van der Waals surface area contributed by atoms with Crippen LogP contribution < -0.4 is 4.74 Å². The molecule has 0 N–H and O–H groups in total. The molecule has 0 saturated carbocycles. The number of likely N-dealkylation sites (tertiary alicyclic amines) is 1. The maximum Gasteiger partial charge on any atom is 0.139 e. The van der Waals surface area contributed by atoms with Crippen molar-refractivity contribution in [2.75, 3.05) is 26.2 Å². The number of rotatable bonds is 11. The van der Waals surface area contributed by atoms with Crippen LogP contribution in [0.4, 0.5) is 8.78 Å². The van der Waals surface area contributed by atoms with E-state index in [1.165, 1.54) is 43.5 Å². The molecular weight excluding hydrogens is 446 g/mol. The zero-order valence-corrected chi connectivity index (χ0v) is 20.0. The van der Waals surface area contributed by atoms with Gasteiger partial charge in [-0.15, -0.1) is 0 Å². The lowest BCUT2D eigenvalue weighted by atomic mass is 10.0. The molecule has 0 aliphatic carbocycles. The molecule has 0 amide bonds. The molecule has 0 radical (unpaired) electrons. The summed E-state index contributed by atoms with van der Waals surface area (Å²) in [7, 11) is 0. The van der Waals surface area contributed by atoms with Crippen LogP contribution in [0.15, 0.2) is 60.8 Å². The van der Waals surface area contributed by atoms with Crippen molar-refractivity contribution >= 4 is 5.78 Å². The third kappa shape index (κ3) is 7.96. The van der Waals surface area contributed by atoms with Crippen LogP contribution in [0.3, 0.4) is 0 Å². The quantitative estimate of drug-likeness (QED) is 0.316. The number of benzene rings is 2. The number of halogens is 2. The van der Waals surface area contributed by atoms with Gasteiger partial charge in [-0.1, -0.05) is 24.6 Å². The third-order valence-electron chi connectivity index (χ3n) is 6.34. The predicted octanol–water partition coefficient (Wildman–Crippen LogP) is 6.03. The van der Waals surface area contributed by atoms with Gasteiger partial charge in [0.2, 0.25) is 0 Å². The van der Waals surface area contributed by atoms with Crippen molar-refractivity contribution in [2.45, 2.75) is 44.9 Å². The lowest BCUT2D eigenvalue weighted by molar-refractivity contribution is -0.118. The molecule has 1 fully saturated rings. The fraction of sp³-hybridized carbons (Fsp3) is 0.379. The maximum absolute atomic E-state index is 14.1. The molecule has 4 rings (SSSR count). The number of aryl methyl sites for hydroxylation is 1. The number of ether oxygens (including phenoxy) is 1. The number of Topliss-reactive ketones (excluding diaryl/α,β-unsaturated/α-hetero) is 1. The number of pyridine rings is 1. The summed E-state index contributed by atoms with van der Waals surface area (Å²) in [4.78, 5) is 19.3. The van der Waals surface area contributed by atoms with Gasteiger partial charge < -0.3 is 9.64 Å². The second-order valence-corrected chi connectivity index (χ2v) is 9.16. The summed E-state index contributed by atoms with van der Waals surface area (Å²) in [5.41, 5.74) is 3.17. The van der Waals surface area contributed by atoms with Gasteiger partial charge in [-0.2, -0.15) is 0 Å². The van der Waals surface area contributed by atoms with E-state index in [1.807, 2.05) is 18.2 Å². The number of aromatic nitrogens is 1. The van der Waals surface area contributed by atoms with Crippen LogP contribution in [0.5, 0.6) is 5.75 Å². The number of hydrogen-bond donors (Lipinski definition) is 0. The summed E-state index contributed by atoms with van der Waals surface area (Å²) < 4.78 is 33.0. The van der Waals surface area contributed by atoms with Gasteiger partial charge in [0.05, 0.1) is 6.61 Å². The van der Waals surface area contributed by atoms with E-state index in [2.05, 4.69) is 9.88 Å². The first-order valence-electron chi connectivity index (χ1n) is 12.4. The SMILES string of the molecule is O=C(CCc1cc(F)cc(OCCCN2CCCCC2)c1)Cc1ccc(-c2ccc(F)cc2)cn1. The molecule has 3 aromatic rings. The van der Waals surface area contributed by atoms with E-state index >= 15 is 0 Å². The molecule has 0 atom stereocenters. The van der Waals surface area contributed by atoms with Crippen LogP contribution in [-0.2, 0) is 17.6 Å². The number of nitrogens with zero attached hydrogens (tertiary/aromatic N) is 2. The standard InChI is InChI=1S/C29H32F2N2O2/c30-25-9-6-23(7-10-25)24-8-11-27(32-21-24)20-28(34)12-5-22-17-26(31)19-29(18-22)35-16-4-15-33-13-2-1-3-14-33/h6-11,17-19,21H,1-5,12-16,20H2. The monoisotopic (exact) mass is 478 g/mol. The Labute approximate surface area is 206 Å². The molecule has 1 aromatic heterocycles. The zero-order chi connectivity index (χ0) is 24.5. The second kappa shape index (κ2) is 12.5. The number of piperidine rings is 1. The average molecular weight is 479 g/mol. The summed E-state index contributed by atoms with van der Waals surface area (Å²) >= 11 is 0. The Hall–Kier alpha value is -3.12. The van der Waals surface area contributed by atoms with Gasteiger partial charge in [0.15, 0.2) is 0 Å². The number of hydrogen-bond acceptors (Lipinski definition) is 4. The molecule has 2 heterocycles. The minimum absolute atomic E-state index is 0.0419. The molecule has 0 spiro atoms. The first-order chi connectivity index (χ1) is 17.0. The molecule has 6 heteroatoms. The molecule has 0 unspecified atom stereocenters. The van der Waals surface area contributed by atoms with Crippen LogP contribution in [0.25, 0.3) is 11.1 Å². The van der Waals surface area contributed by atoms with Crippen molar-refractivity contribution in [1.82, 2.24) is 9.88 Å². The van der Waals surface area contributed by atoms with Gasteiger partial charge in [-0.3, -0.25) is 9.78 Å². The predicted molar refractivity (Wildman–Crippen MR) is 133 cm³/mol. The lowest BCUT2D eigenvalue weighted by Crippen LogP contribution is -2.31. The molecule has 1 aliphatic heterocycles. The number of carbonyl (C=O) groups is 1. The van der Waals surface area contributed by atoms with Gasteiger partial charge in [-0.05, 0) is 80.2 Å². The topological polar surface area (TPSA) is 42.4 Å². The van der Waals surface area contributed by atoms with Gasteiger partial charge in [0.1, 0.15) is 23.2 Å². The Kier molecular flexibility index (Phi) is 8.96. The number of carbonyl (C=O) groups excluding carboxylic acids is 1. The Morgan fingerprint density at radius 2 is 1.69 bits per heavy atom. The van der Waals surface area contributed by atoms with E-state index < -0.39 is 0 Å². The van der Waals surface area contributed by atoms with Crippen molar-refractivity contribution in [3.05, 3.63) is 83.7 Å².